The van der Waals surface area contributed by atoms with E-state index in [0.717, 1.165) is 5.56 Å². The van der Waals surface area contributed by atoms with Crippen LogP contribution in [0.15, 0.2) is 47.4 Å². The SMILES string of the molecule is CCNS(=O)(=O)c1cc(Cl)c(Cl)c(C(=O)Nc2nnc(C(C)(C)c3ccccc3)s2)c1. The monoisotopic (exact) mass is 498 g/mol. The fourth-order valence-corrected chi connectivity index (χ4v) is 5.26. The van der Waals surface area contributed by atoms with E-state index in [-0.39, 0.29) is 32.2 Å². The third-order valence-electron chi connectivity index (χ3n) is 4.57. The fourth-order valence-electron chi connectivity index (χ4n) is 2.83. The molecule has 0 aliphatic rings. The summed E-state index contributed by atoms with van der Waals surface area (Å²) >= 11 is 13.5. The smallest absolute Gasteiger partial charge is 0.259 e. The molecule has 0 radical (unpaired) electrons. The first-order valence-corrected chi connectivity index (χ1v) is 12.3. The number of amides is 1. The molecule has 0 unspecified atom stereocenters. The van der Waals surface area contributed by atoms with Gasteiger partial charge in [0.05, 0.1) is 20.5 Å². The van der Waals surface area contributed by atoms with Gasteiger partial charge in [-0.1, -0.05) is 71.8 Å². The van der Waals surface area contributed by atoms with Gasteiger partial charge in [0.2, 0.25) is 15.2 Å². The fraction of sp³-hybridized carbons (Fsp3) is 0.250. The molecule has 2 aromatic carbocycles. The number of carbonyl (C=O) groups is 1. The molecule has 2 N–H and O–H groups in total. The Bertz CT molecular complexity index is 1210. The van der Waals surface area contributed by atoms with Crippen LogP contribution in [0.5, 0.6) is 0 Å². The highest BCUT2D eigenvalue weighted by Gasteiger charge is 2.28. The molecular formula is C20H20Cl2N4O3S2. The van der Waals surface area contributed by atoms with Crippen molar-refractivity contribution in [2.45, 2.75) is 31.1 Å². The van der Waals surface area contributed by atoms with E-state index in [1.165, 1.54) is 23.5 Å². The molecule has 0 fully saturated rings. The van der Waals surface area contributed by atoms with Crippen molar-refractivity contribution in [1.29, 1.82) is 0 Å². The van der Waals surface area contributed by atoms with Crippen molar-refractivity contribution in [1.82, 2.24) is 14.9 Å². The van der Waals surface area contributed by atoms with Gasteiger partial charge >= 0.3 is 0 Å². The largest absolute Gasteiger partial charge is 0.296 e. The normalized spacial score (nSPS) is 12.0. The highest BCUT2D eigenvalue weighted by atomic mass is 35.5. The van der Waals surface area contributed by atoms with E-state index in [2.05, 4.69) is 20.2 Å². The van der Waals surface area contributed by atoms with Gasteiger partial charge in [-0.25, -0.2) is 13.1 Å². The van der Waals surface area contributed by atoms with E-state index in [9.17, 15) is 13.2 Å². The van der Waals surface area contributed by atoms with E-state index in [0.29, 0.717) is 5.01 Å². The first kappa shape index (κ1) is 23.6. The molecule has 164 valence electrons. The summed E-state index contributed by atoms with van der Waals surface area (Å²) in [4.78, 5) is 12.7. The number of hydrogen-bond acceptors (Lipinski definition) is 6. The Balaban J connectivity index is 1.89. The summed E-state index contributed by atoms with van der Waals surface area (Å²) in [6, 6.07) is 12.2. The number of rotatable bonds is 7. The molecule has 1 aromatic heterocycles. The Hall–Kier alpha value is -2.04. The molecule has 0 spiro atoms. The van der Waals surface area contributed by atoms with Crippen molar-refractivity contribution >= 4 is 55.6 Å². The Morgan fingerprint density at radius 3 is 2.45 bits per heavy atom. The van der Waals surface area contributed by atoms with Crippen molar-refractivity contribution in [3.63, 3.8) is 0 Å². The van der Waals surface area contributed by atoms with Crippen LogP contribution in [0.1, 0.15) is 41.7 Å². The number of anilines is 1. The Morgan fingerprint density at radius 1 is 1.13 bits per heavy atom. The first-order valence-electron chi connectivity index (χ1n) is 9.26. The van der Waals surface area contributed by atoms with Gasteiger partial charge in [0.15, 0.2) is 0 Å². The molecular weight excluding hydrogens is 479 g/mol. The standard InChI is InChI=1S/C20H20Cl2N4O3S2/c1-4-23-31(28,29)13-10-14(16(22)15(21)11-13)17(27)24-19-26-25-18(30-19)20(2,3)12-8-6-5-7-9-12/h5-11,23H,4H2,1-3H3,(H,24,26,27). The summed E-state index contributed by atoms with van der Waals surface area (Å²) in [6.07, 6.45) is 0. The molecule has 0 atom stereocenters. The van der Waals surface area contributed by atoms with Crippen LogP contribution in [-0.2, 0) is 15.4 Å². The van der Waals surface area contributed by atoms with Gasteiger partial charge in [-0.2, -0.15) is 0 Å². The van der Waals surface area contributed by atoms with Gasteiger partial charge in [0.25, 0.3) is 5.91 Å². The molecule has 0 aliphatic heterocycles. The lowest BCUT2D eigenvalue weighted by Crippen LogP contribution is -2.24. The molecule has 0 saturated heterocycles. The highest BCUT2D eigenvalue weighted by molar-refractivity contribution is 7.89. The second kappa shape index (κ2) is 9.22. The first-order chi connectivity index (χ1) is 14.6. The van der Waals surface area contributed by atoms with Crippen LogP contribution in [0.3, 0.4) is 0 Å². The average molecular weight is 499 g/mol. The molecule has 0 saturated carbocycles. The number of nitrogens with one attached hydrogen (secondary N) is 2. The summed E-state index contributed by atoms with van der Waals surface area (Å²) in [5, 5.41) is 11.8. The van der Waals surface area contributed by atoms with Gasteiger partial charge in [-0.15, -0.1) is 10.2 Å². The summed E-state index contributed by atoms with van der Waals surface area (Å²) in [5.41, 5.74) is 0.563. The number of aromatic nitrogens is 2. The van der Waals surface area contributed by atoms with E-state index in [1.54, 1.807) is 6.92 Å². The molecule has 3 rings (SSSR count). The molecule has 31 heavy (non-hydrogen) atoms. The number of benzene rings is 2. The second-order valence-corrected chi connectivity index (χ2v) is 10.7. The lowest BCUT2D eigenvalue weighted by Gasteiger charge is -2.21. The minimum atomic E-state index is -3.82. The van der Waals surface area contributed by atoms with Crippen LogP contribution in [0.2, 0.25) is 10.0 Å². The van der Waals surface area contributed by atoms with Crippen LogP contribution in [0.4, 0.5) is 5.13 Å². The Labute approximate surface area is 194 Å². The summed E-state index contributed by atoms with van der Waals surface area (Å²) < 4.78 is 27.0. The van der Waals surface area contributed by atoms with E-state index >= 15 is 0 Å². The zero-order chi connectivity index (χ0) is 22.8. The number of nitrogens with zero attached hydrogens (tertiary/aromatic N) is 2. The Kier molecular flexibility index (Phi) is 7.02. The topological polar surface area (TPSA) is 101 Å². The molecule has 1 heterocycles. The molecule has 1 amide bonds. The van der Waals surface area contributed by atoms with E-state index in [1.807, 2.05) is 44.2 Å². The Morgan fingerprint density at radius 2 is 1.81 bits per heavy atom. The number of halogens is 2. The van der Waals surface area contributed by atoms with E-state index in [4.69, 9.17) is 23.2 Å². The molecule has 11 heteroatoms. The number of sulfonamides is 1. The maximum absolute atomic E-state index is 12.8. The highest BCUT2D eigenvalue weighted by Crippen LogP contribution is 2.35. The van der Waals surface area contributed by atoms with Crippen LogP contribution < -0.4 is 10.0 Å². The van der Waals surface area contributed by atoms with Crippen LogP contribution >= 0.6 is 34.5 Å². The van der Waals surface area contributed by atoms with Gasteiger partial charge < -0.3 is 0 Å². The number of carbonyl (C=O) groups excluding carboxylic acids is 1. The maximum atomic E-state index is 12.8. The summed E-state index contributed by atoms with van der Waals surface area (Å²) in [6.45, 7) is 5.86. The summed E-state index contributed by atoms with van der Waals surface area (Å²) in [5.74, 6) is -0.638. The third-order valence-corrected chi connectivity index (χ3v) is 8.06. The van der Waals surface area contributed by atoms with Gasteiger partial charge in [0.1, 0.15) is 5.01 Å². The quantitative estimate of drug-likeness (QED) is 0.490. The molecule has 0 bridgehead atoms. The van der Waals surface area contributed by atoms with Crippen molar-refractivity contribution in [3.05, 3.63) is 68.6 Å². The van der Waals surface area contributed by atoms with Gasteiger partial charge in [0, 0.05) is 12.0 Å². The minimum Gasteiger partial charge on any atom is -0.296 e. The third kappa shape index (κ3) is 5.07. The van der Waals surface area contributed by atoms with Crippen LogP contribution in [-0.4, -0.2) is 31.1 Å². The lowest BCUT2D eigenvalue weighted by atomic mass is 9.85. The van der Waals surface area contributed by atoms with Crippen molar-refractivity contribution in [2.24, 2.45) is 0 Å². The molecule has 7 nitrogen and oxygen atoms in total. The van der Waals surface area contributed by atoms with Gasteiger partial charge in [-0.05, 0) is 31.5 Å². The van der Waals surface area contributed by atoms with Crippen molar-refractivity contribution in [2.75, 3.05) is 11.9 Å². The average Bonchev–Trinajstić information content (AvgIpc) is 3.19. The predicted molar refractivity (Wildman–Crippen MR) is 124 cm³/mol. The van der Waals surface area contributed by atoms with Crippen molar-refractivity contribution < 1.29 is 13.2 Å². The maximum Gasteiger partial charge on any atom is 0.259 e. The van der Waals surface area contributed by atoms with E-state index < -0.39 is 21.3 Å². The van der Waals surface area contributed by atoms with Crippen LogP contribution in [0.25, 0.3) is 0 Å². The molecule has 3 aromatic rings. The second-order valence-electron chi connectivity index (χ2n) is 7.13. The van der Waals surface area contributed by atoms with Crippen molar-refractivity contribution in [3.8, 4) is 0 Å². The zero-order valence-electron chi connectivity index (χ0n) is 16.9. The van der Waals surface area contributed by atoms with Gasteiger partial charge in [-0.3, -0.25) is 10.1 Å². The molecule has 0 aliphatic carbocycles. The minimum absolute atomic E-state index is 0.0473. The predicted octanol–water partition coefficient (Wildman–Crippen LogP) is 4.72. The zero-order valence-corrected chi connectivity index (χ0v) is 20.1. The van der Waals surface area contributed by atoms with Crippen LogP contribution in [0, 0.1) is 0 Å². The lowest BCUT2D eigenvalue weighted by molar-refractivity contribution is 0.102. The number of hydrogen-bond donors (Lipinski definition) is 2. The summed E-state index contributed by atoms with van der Waals surface area (Å²) in [7, 11) is -3.82.